The minimum absolute atomic E-state index is 0.325. The second-order valence-electron chi connectivity index (χ2n) is 3.97. The Labute approximate surface area is 112 Å². The van der Waals surface area contributed by atoms with E-state index >= 15 is 0 Å². The van der Waals surface area contributed by atoms with Crippen LogP contribution in [0.5, 0.6) is 11.5 Å². The van der Waals surface area contributed by atoms with Crippen molar-refractivity contribution in [2.45, 2.75) is 13.0 Å². The van der Waals surface area contributed by atoms with Crippen molar-refractivity contribution in [2.75, 3.05) is 13.7 Å². The maximum Gasteiger partial charge on any atom is 0.166 e. The lowest BCUT2D eigenvalue weighted by Gasteiger charge is -2.12. The molecule has 0 unspecified atom stereocenters. The highest BCUT2D eigenvalue weighted by atomic mass is 16.5. The minimum atomic E-state index is 0.325. The second kappa shape index (κ2) is 6.70. The van der Waals surface area contributed by atoms with Crippen molar-refractivity contribution >= 4 is 0 Å². The van der Waals surface area contributed by atoms with Crippen LogP contribution in [0.4, 0.5) is 0 Å². The molecule has 0 spiro atoms. The van der Waals surface area contributed by atoms with Gasteiger partial charge in [0, 0.05) is 18.5 Å². The molecule has 1 aromatic heterocycles. The van der Waals surface area contributed by atoms with Crippen LogP contribution in [-0.4, -0.2) is 23.6 Å². The van der Waals surface area contributed by atoms with Crippen LogP contribution in [0, 0.1) is 0 Å². The monoisotopic (exact) mass is 259 g/mol. The fourth-order valence-electron chi connectivity index (χ4n) is 1.71. The van der Waals surface area contributed by atoms with Crippen LogP contribution in [0.3, 0.4) is 0 Å². The molecule has 19 heavy (non-hydrogen) atoms. The number of aromatic nitrogens is 2. The molecule has 0 saturated heterocycles. The Hall–Kier alpha value is -2.14. The van der Waals surface area contributed by atoms with E-state index in [0.29, 0.717) is 19.0 Å². The topological polar surface area (TPSA) is 70.3 Å². The first-order valence-electron chi connectivity index (χ1n) is 6.09. The number of hydrogen-bond donors (Lipinski definition) is 1. The van der Waals surface area contributed by atoms with Gasteiger partial charge in [-0.15, -0.1) is 0 Å². The van der Waals surface area contributed by atoms with Crippen molar-refractivity contribution in [3.8, 4) is 11.5 Å². The number of nitrogens with two attached hydrogens (primary N) is 1. The third-order valence-electron chi connectivity index (χ3n) is 2.66. The Kier molecular flexibility index (Phi) is 4.69. The van der Waals surface area contributed by atoms with Gasteiger partial charge in [-0.2, -0.15) is 0 Å². The first-order valence-corrected chi connectivity index (χ1v) is 6.09. The van der Waals surface area contributed by atoms with Crippen molar-refractivity contribution in [3.63, 3.8) is 0 Å². The number of methoxy groups -OCH3 is 1. The van der Waals surface area contributed by atoms with Crippen molar-refractivity contribution in [1.82, 2.24) is 9.97 Å². The standard InChI is InChI=1S/C14H17N3O2/c1-18-12-4-3-11(5-6-15)13(9-12)19-10-14-16-7-2-8-17-14/h2-4,7-9H,5-6,10,15H2,1H3. The molecule has 0 aliphatic heterocycles. The Bertz CT molecular complexity index is 517. The summed E-state index contributed by atoms with van der Waals surface area (Å²) in [4.78, 5) is 8.24. The molecule has 2 rings (SSSR count). The average molecular weight is 259 g/mol. The molecule has 0 atom stereocenters. The maximum absolute atomic E-state index is 5.76. The number of nitrogens with zero attached hydrogens (tertiary/aromatic N) is 2. The van der Waals surface area contributed by atoms with Gasteiger partial charge < -0.3 is 15.2 Å². The van der Waals surface area contributed by atoms with E-state index in [4.69, 9.17) is 15.2 Å². The van der Waals surface area contributed by atoms with Gasteiger partial charge in [-0.1, -0.05) is 6.07 Å². The van der Waals surface area contributed by atoms with E-state index in [1.165, 1.54) is 0 Å². The normalized spacial score (nSPS) is 10.2. The highest BCUT2D eigenvalue weighted by Crippen LogP contribution is 2.25. The van der Waals surface area contributed by atoms with E-state index in [1.54, 1.807) is 25.6 Å². The lowest BCUT2D eigenvalue weighted by Crippen LogP contribution is -2.06. The molecule has 0 bridgehead atoms. The van der Waals surface area contributed by atoms with Gasteiger partial charge in [-0.3, -0.25) is 0 Å². The number of ether oxygens (including phenoxy) is 2. The molecule has 0 fully saturated rings. The quantitative estimate of drug-likeness (QED) is 0.852. The number of hydrogen-bond acceptors (Lipinski definition) is 5. The summed E-state index contributed by atoms with van der Waals surface area (Å²) in [5.41, 5.74) is 6.65. The molecule has 0 aliphatic rings. The van der Waals surface area contributed by atoms with Crippen LogP contribution in [0.2, 0.25) is 0 Å². The zero-order chi connectivity index (χ0) is 13.5. The van der Waals surface area contributed by atoms with Gasteiger partial charge in [0.2, 0.25) is 0 Å². The van der Waals surface area contributed by atoms with Gasteiger partial charge >= 0.3 is 0 Å². The van der Waals surface area contributed by atoms with Crippen LogP contribution in [0.25, 0.3) is 0 Å². The second-order valence-corrected chi connectivity index (χ2v) is 3.97. The van der Waals surface area contributed by atoms with Crippen LogP contribution < -0.4 is 15.2 Å². The molecule has 1 aromatic carbocycles. The Morgan fingerprint density at radius 3 is 2.68 bits per heavy atom. The van der Waals surface area contributed by atoms with Crippen LogP contribution in [0.1, 0.15) is 11.4 Å². The van der Waals surface area contributed by atoms with Gasteiger partial charge in [0.05, 0.1) is 7.11 Å². The zero-order valence-corrected chi connectivity index (χ0v) is 10.9. The molecular weight excluding hydrogens is 242 g/mol. The third-order valence-corrected chi connectivity index (χ3v) is 2.66. The van der Waals surface area contributed by atoms with Crippen LogP contribution in [-0.2, 0) is 13.0 Å². The van der Waals surface area contributed by atoms with Crippen molar-refractivity contribution < 1.29 is 9.47 Å². The molecule has 100 valence electrons. The molecule has 0 aliphatic carbocycles. The Morgan fingerprint density at radius 2 is 2.00 bits per heavy atom. The summed E-state index contributed by atoms with van der Waals surface area (Å²) in [6.07, 6.45) is 4.14. The van der Waals surface area contributed by atoms with E-state index in [9.17, 15) is 0 Å². The maximum atomic E-state index is 5.76. The number of rotatable bonds is 6. The van der Waals surface area contributed by atoms with E-state index in [1.807, 2.05) is 18.2 Å². The molecule has 2 aromatic rings. The van der Waals surface area contributed by atoms with E-state index < -0.39 is 0 Å². The highest BCUT2D eigenvalue weighted by Gasteiger charge is 2.06. The average Bonchev–Trinajstić information content (AvgIpc) is 2.47. The molecule has 0 radical (unpaired) electrons. The third kappa shape index (κ3) is 3.66. The fraction of sp³-hybridized carbons (Fsp3) is 0.286. The molecule has 2 N–H and O–H groups in total. The molecule has 5 nitrogen and oxygen atoms in total. The smallest absolute Gasteiger partial charge is 0.166 e. The summed E-state index contributed by atoms with van der Waals surface area (Å²) in [7, 11) is 1.63. The summed E-state index contributed by atoms with van der Waals surface area (Å²) in [6.45, 7) is 0.899. The van der Waals surface area contributed by atoms with Gasteiger partial charge in [0.1, 0.15) is 18.1 Å². The SMILES string of the molecule is COc1ccc(CCN)c(OCc2ncccn2)c1. The van der Waals surface area contributed by atoms with Crippen molar-refractivity contribution in [3.05, 3.63) is 48.0 Å². The predicted molar refractivity (Wildman–Crippen MR) is 72.1 cm³/mol. The first kappa shape index (κ1) is 13.3. The molecule has 5 heteroatoms. The van der Waals surface area contributed by atoms with Gasteiger partial charge in [-0.05, 0) is 30.7 Å². The van der Waals surface area contributed by atoms with E-state index in [-0.39, 0.29) is 0 Å². The summed E-state index contributed by atoms with van der Waals surface area (Å²) in [6, 6.07) is 7.49. The van der Waals surface area contributed by atoms with Crippen molar-refractivity contribution in [2.24, 2.45) is 5.73 Å². The minimum Gasteiger partial charge on any atom is -0.497 e. The van der Waals surface area contributed by atoms with E-state index in [0.717, 1.165) is 23.5 Å². The lowest BCUT2D eigenvalue weighted by atomic mass is 10.1. The van der Waals surface area contributed by atoms with Gasteiger partial charge in [-0.25, -0.2) is 9.97 Å². The Balaban J connectivity index is 2.12. The first-order chi connectivity index (χ1) is 9.33. The fourth-order valence-corrected chi connectivity index (χ4v) is 1.71. The summed E-state index contributed by atoms with van der Waals surface area (Å²) in [5.74, 6) is 2.16. The molecule has 0 saturated carbocycles. The summed E-state index contributed by atoms with van der Waals surface area (Å²) >= 11 is 0. The summed E-state index contributed by atoms with van der Waals surface area (Å²) < 4.78 is 11.0. The van der Waals surface area contributed by atoms with Crippen molar-refractivity contribution in [1.29, 1.82) is 0 Å². The van der Waals surface area contributed by atoms with Gasteiger partial charge in [0.15, 0.2) is 5.82 Å². The zero-order valence-electron chi connectivity index (χ0n) is 10.9. The molecule has 0 amide bonds. The van der Waals surface area contributed by atoms with Crippen LogP contribution in [0.15, 0.2) is 36.7 Å². The van der Waals surface area contributed by atoms with Crippen LogP contribution >= 0.6 is 0 Å². The largest absolute Gasteiger partial charge is 0.497 e. The number of benzene rings is 1. The van der Waals surface area contributed by atoms with Gasteiger partial charge in [0.25, 0.3) is 0 Å². The van der Waals surface area contributed by atoms with E-state index in [2.05, 4.69) is 9.97 Å². The molecule has 1 heterocycles. The Morgan fingerprint density at radius 1 is 1.21 bits per heavy atom. The highest BCUT2D eigenvalue weighted by molar-refractivity contribution is 5.41. The molecular formula is C14H17N3O2. The summed E-state index contributed by atoms with van der Waals surface area (Å²) in [5, 5.41) is 0. The lowest BCUT2D eigenvalue weighted by molar-refractivity contribution is 0.290. The predicted octanol–water partition coefficient (Wildman–Crippen LogP) is 1.57.